The SMILES string of the molecule is C=CCNC(=O)[C@H]1C[C@@H](c2ccccc2)CN(C(=O)Cc2cccs2)C1. The van der Waals surface area contributed by atoms with Crippen molar-refractivity contribution in [1.29, 1.82) is 0 Å². The molecule has 5 heteroatoms. The molecule has 1 saturated heterocycles. The van der Waals surface area contributed by atoms with Crippen molar-refractivity contribution in [3.8, 4) is 0 Å². The molecular weight excluding hydrogens is 344 g/mol. The van der Waals surface area contributed by atoms with Crippen LogP contribution in [-0.4, -0.2) is 36.3 Å². The molecule has 1 N–H and O–H groups in total. The van der Waals surface area contributed by atoms with E-state index in [0.29, 0.717) is 26.1 Å². The topological polar surface area (TPSA) is 49.4 Å². The fourth-order valence-electron chi connectivity index (χ4n) is 3.45. The first-order valence-electron chi connectivity index (χ1n) is 8.91. The number of nitrogens with zero attached hydrogens (tertiary/aromatic N) is 1. The predicted molar refractivity (Wildman–Crippen MR) is 105 cm³/mol. The molecule has 1 aliphatic heterocycles. The molecule has 1 aromatic heterocycles. The van der Waals surface area contributed by atoms with Crippen LogP contribution in [0.2, 0.25) is 0 Å². The van der Waals surface area contributed by atoms with Gasteiger partial charge in [-0.25, -0.2) is 0 Å². The number of piperidine rings is 1. The third-order valence-corrected chi connectivity index (χ3v) is 5.65. The second-order valence-corrected chi connectivity index (χ2v) is 7.66. The van der Waals surface area contributed by atoms with Crippen molar-refractivity contribution in [2.45, 2.75) is 18.8 Å². The molecule has 0 bridgehead atoms. The molecule has 0 radical (unpaired) electrons. The number of rotatable bonds is 6. The van der Waals surface area contributed by atoms with Crippen LogP contribution in [0, 0.1) is 5.92 Å². The van der Waals surface area contributed by atoms with Crippen molar-refractivity contribution in [2.24, 2.45) is 5.92 Å². The normalized spacial score (nSPS) is 19.8. The highest BCUT2D eigenvalue weighted by atomic mass is 32.1. The molecule has 2 heterocycles. The molecule has 26 heavy (non-hydrogen) atoms. The Bertz CT molecular complexity index is 743. The van der Waals surface area contributed by atoms with Crippen molar-refractivity contribution >= 4 is 23.2 Å². The van der Waals surface area contributed by atoms with E-state index in [4.69, 9.17) is 0 Å². The van der Waals surface area contributed by atoms with Crippen molar-refractivity contribution in [3.63, 3.8) is 0 Å². The Balaban J connectivity index is 1.75. The molecule has 0 spiro atoms. The summed E-state index contributed by atoms with van der Waals surface area (Å²) < 4.78 is 0. The van der Waals surface area contributed by atoms with E-state index in [1.807, 2.05) is 40.6 Å². The molecule has 2 aromatic rings. The first-order chi connectivity index (χ1) is 12.7. The average molecular weight is 369 g/mol. The number of hydrogen-bond donors (Lipinski definition) is 1. The lowest BCUT2D eigenvalue weighted by atomic mass is 9.84. The third-order valence-electron chi connectivity index (χ3n) is 4.77. The number of carbonyl (C=O) groups is 2. The summed E-state index contributed by atoms with van der Waals surface area (Å²) >= 11 is 1.59. The Morgan fingerprint density at radius 2 is 2.00 bits per heavy atom. The highest BCUT2D eigenvalue weighted by Gasteiger charge is 2.34. The molecule has 1 aromatic carbocycles. The van der Waals surface area contributed by atoms with Crippen LogP contribution < -0.4 is 5.32 Å². The minimum absolute atomic E-state index is 0.000505. The lowest BCUT2D eigenvalue weighted by Crippen LogP contribution is -2.48. The smallest absolute Gasteiger partial charge is 0.227 e. The highest BCUT2D eigenvalue weighted by molar-refractivity contribution is 7.10. The van der Waals surface area contributed by atoms with Crippen LogP contribution in [0.3, 0.4) is 0 Å². The Morgan fingerprint density at radius 3 is 2.69 bits per heavy atom. The van der Waals surface area contributed by atoms with Crippen LogP contribution in [-0.2, 0) is 16.0 Å². The lowest BCUT2D eigenvalue weighted by Gasteiger charge is -2.37. The van der Waals surface area contributed by atoms with Crippen LogP contribution in [0.15, 0.2) is 60.5 Å². The number of likely N-dealkylation sites (tertiary alicyclic amines) is 1. The van der Waals surface area contributed by atoms with Crippen LogP contribution in [0.1, 0.15) is 22.8 Å². The predicted octanol–water partition coefficient (Wildman–Crippen LogP) is 3.23. The Labute approximate surface area is 158 Å². The summed E-state index contributed by atoms with van der Waals surface area (Å²) in [5, 5.41) is 4.87. The number of nitrogens with one attached hydrogen (secondary N) is 1. The highest BCUT2D eigenvalue weighted by Crippen LogP contribution is 2.31. The van der Waals surface area contributed by atoms with Gasteiger partial charge in [-0.2, -0.15) is 0 Å². The maximum atomic E-state index is 12.8. The second kappa shape index (κ2) is 8.81. The molecule has 1 aliphatic rings. The van der Waals surface area contributed by atoms with Crippen LogP contribution in [0.4, 0.5) is 0 Å². The van der Waals surface area contributed by atoms with Crippen molar-refractivity contribution in [2.75, 3.05) is 19.6 Å². The summed E-state index contributed by atoms with van der Waals surface area (Å²) in [5.74, 6) is 0.0759. The lowest BCUT2D eigenvalue weighted by molar-refractivity contribution is -0.135. The van der Waals surface area contributed by atoms with E-state index in [2.05, 4.69) is 24.0 Å². The van der Waals surface area contributed by atoms with E-state index in [9.17, 15) is 9.59 Å². The van der Waals surface area contributed by atoms with Crippen LogP contribution >= 0.6 is 11.3 Å². The van der Waals surface area contributed by atoms with Crippen LogP contribution in [0.5, 0.6) is 0 Å². The zero-order valence-corrected chi connectivity index (χ0v) is 15.6. The van der Waals surface area contributed by atoms with Crippen molar-refractivity contribution in [3.05, 3.63) is 70.9 Å². The number of benzene rings is 1. The summed E-state index contributed by atoms with van der Waals surface area (Å²) in [5.41, 5.74) is 1.18. The Kier molecular flexibility index (Phi) is 6.23. The van der Waals surface area contributed by atoms with Gasteiger partial charge in [0.1, 0.15) is 0 Å². The largest absolute Gasteiger partial charge is 0.352 e. The minimum atomic E-state index is -0.193. The number of carbonyl (C=O) groups excluding carboxylic acids is 2. The van der Waals surface area contributed by atoms with Gasteiger partial charge in [-0.05, 0) is 23.4 Å². The summed E-state index contributed by atoms with van der Waals surface area (Å²) in [6.07, 6.45) is 2.84. The van der Waals surface area contributed by atoms with E-state index >= 15 is 0 Å². The first-order valence-corrected chi connectivity index (χ1v) is 9.79. The summed E-state index contributed by atoms with van der Waals surface area (Å²) in [6, 6.07) is 14.1. The van der Waals surface area contributed by atoms with Gasteiger partial charge >= 0.3 is 0 Å². The van der Waals surface area contributed by atoms with E-state index in [1.165, 1.54) is 5.56 Å². The van der Waals surface area contributed by atoms with Gasteiger partial charge in [0, 0.05) is 30.4 Å². The van der Waals surface area contributed by atoms with E-state index in [-0.39, 0.29) is 23.7 Å². The molecule has 2 amide bonds. The standard InChI is InChI=1S/C21H24N2O2S/c1-2-10-22-21(25)18-12-17(16-7-4-3-5-8-16)14-23(15-18)20(24)13-19-9-6-11-26-19/h2-9,11,17-18H,1,10,12-15H2,(H,22,25)/t17-,18+/m1/s1. The Morgan fingerprint density at radius 1 is 1.19 bits per heavy atom. The fourth-order valence-corrected chi connectivity index (χ4v) is 4.15. The fraction of sp³-hybridized carbons (Fsp3) is 0.333. The summed E-state index contributed by atoms with van der Waals surface area (Å²) in [6.45, 7) is 5.25. The molecule has 1 fully saturated rings. The zero-order valence-electron chi connectivity index (χ0n) is 14.8. The number of amides is 2. The number of thiophene rings is 1. The van der Waals surface area contributed by atoms with Crippen molar-refractivity contribution in [1.82, 2.24) is 10.2 Å². The summed E-state index contributed by atoms with van der Waals surface area (Å²) in [4.78, 5) is 28.3. The zero-order chi connectivity index (χ0) is 18.4. The maximum absolute atomic E-state index is 12.8. The molecule has 4 nitrogen and oxygen atoms in total. The molecule has 0 saturated carbocycles. The molecular formula is C21H24N2O2S. The van der Waals surface area contributed by atoms with Crippen molar-refractivity contribution < 1.29 is 9.59 Å². The summed E-state index contributed by atoms with van der Waals surface area (Å²) in [7, 11) is 0. The van der Waals surface area contributed by atoms with Gasteiger partial charge in [-0.3, -0.25) is 9.59 Å². The Hall–Kier alpha value is -2.40. The van der Waals surface area contributed by atoms with Crippen LogP contribution in [0.25, 0.3) is 0 Å². The van der Waals surface area contributed by atoms with E-state index < -0.39 is 0 Å². The van der Waals surface area contributed by atoms with E-state index in [0.717, 1.165) is 11.3 Å². The molecule has 3 rings (SSSR count). The van der Waals surface area contributed by atoms with Gasteiger partial charge in [0.2, 0.25) is 11.8 Å². The van der Waals surface area contributed by atoms with Gasteiger partial charge in [-0.15, -0.1) is 17.9 Å². The maximum Gasteiger partial charge on any atom is 0.227 e. The van der Waals surface area contributed by atoms with Gasteiger partial charge in [0.05, 0.1) is 12.3 Å². The molecule has 136 valence electrons. The first kappa shape index (κ1) is 18.4. The number of hydrogen-bond acceptors (Lipinski definition) is 3. The van der Waals surface area contributed by atoms with Gasteiger partial charge in [0.15, 0.2) is 0 Å². The van der Waals surface area contributed by atoms with Gasteiger partial charge in [0.25, 0.3) is 0 Å². The third kappa shape index (κ3) is 4.61. The molecule has 0 unspecified atom stereocenters. The minimum Gasteiger partial charge on any atom is -0.352 e. The second-order valence-electron chi connectivity index (χ2n) is 6.63. The molecule has 0 aliphatic carbocycles. The van der Waals surface area contributed by atoms with Gasteiger partial charge < -0.3 is 10.2 Å². The monoisotopic (exact) mass is 368 g/mol. The van der Waals surface area contributed by atoms with E-state index in [1.54, 1.807) is 17.4 Å². The van der Waals surface area contributed by atoms with Gasteiger partial charge in [-0.1, -0.05) is 42.5 Å². The average Bonchev–Trinajstić information content (AvgIpc) is 3.19. The molecule has 2 atom stereocenters. The quantitative estimate of drug-likeness (QED) is 0.796.